The molecule has 3 aliphatic rings. The quantitative estimate of drug-likeness (QED) is 0.480. The summed E-state index contributed by atoms with van der Waals surface area (Å²) in [5.41, 5.74) is 1.12. The van der Waals surface area contributed by atoms with Gasteiger partial charge in [0, 0.05) is 43.9 Å². The zero-order chi connectivity index (χ0) is 22.5. The maximum absolute atomic E-state index is 12.5. The van der Waals surface area contributed by atoms with Crippen LogP contribution >= 0.6 is 0 Å². The number of amides is 1. The average Bonchev–Trinajstić information content (AvgIpc) is 3.73. The fourth-order valence-corrected chi connectivity index (χ4v) is 4.23. The standard InChI is InChI=1S/C22H26N8O3/c31-19(9-13-1-2-13)29-7-5-28(6-8-29)17-11-18(24-15-3-4-15)30-20(26-17)14(12-23-30)10-16-21(32)27-22(33)25-16/h10-13,15,32H,1-9H2,(H2,25,27,33)/b14-10+,24-18?. The number of fused-ring (bicyclic) bond motifs is 1. The van der Waals surface area contributed by atoms with Gasteiger partial charge in [-0.3, -0.25) is 14.8 Å². The van der Waals surface area contributed by atoms with E-state index in [0.29, 0.717) is 55.4 Å². The largest absolute Gasteiger partial charge is 0.493 e. The third kappa shape index (κ3) is 4.10. The zero-order valence-electron chi connectivity index (χ0n) is 18.2. The van der Waals surface area contributed by atoms with Gasteiger partial charge in [-0.2, -0.15) is 9.61 Å². The number of hydrogen-bond donors (Lipinski definition) is 3. The van der Waals surface area contributed by atoms with E-state index >= 15 is 0 Å². The monoisotopic (exact) mass is 450 g/mol. The fraction of sp³-hybridized carbons (Fsp3) is 0.500. The number of H-pyrrole nitrogens is 2. The first-order valence-corrected chi connectivity index (χ1v) is 11.5. The molecule has 1 amide bonds. The second-order valence-electron chi connectivity index (χ2n) is 9.17. The highest BCUT2D eigenvalue weighted by molar-refractivity contribution is 5.77. The van der Waals surface area contributed by atoms with Crippen LogP contribution in [0.4, 0.5) is 5.82 Å². The predicted octanol–water partition coefficient (Wildman–Crippen LogP) is -0.489. The molecule has 0 spiro atoms. The lowest BCUT2D eigenvalue weighted by Crippen LogP contribution is -2.49. The van der Waals surface area contributed by atoms with Crippen molar-refractivity contribution in [2.24, 2.45) is 10.9 Å². The molecule has 0 atom stereocenters. The van der Waals surface area contributed by atoms with E-state index in [4.69, 9.17) is 9.98 Å². The molecule has 4 heterocycles. The summed E-state index contributed by atoms with van der Waals surface area (Å²) in [6.07, 6.45) is 8.47. The second kappa shape index (κ2) is 7.75. The number of hydrogen-bond acceptors (Lipinski definition) is 7. The highest BCUT2D eigenvalue weighted by atomic mass is 16.3. The Morgan fingerprint density at radius 3 is 2.64 bits per heavy atom. The molecule has 2 aliphatic carbocycles. The van der Waals surface area contributed by atoms with E-state index in [1.807, 2.05) is 11.0 Å². The summed E-state index contributed by atoms with van der Waals surface area (Å²) in [5.74, 6) is 1.42. The molecule has 3 fully saturated rings. The Labute approximate surface area is 188 Å². The smallest absolute Gasteiger partial charge is 0.326 e. The van der Waals surface area contributed by atoms with Crippen molar-refractivity contribution in [1.29, 1.82) is 0 Å². The van der Waals surface area contributed by atoms with Crippen molar-refractivity contribution in [3.63, 3.8) is 0 Å². The van der Waals surface area contributed by atoms with Crippen LogP contribution in [-0.2, 0) is 4.79 Å². The Balaban J connectivity index is 1.34. The molecule has 1 saturated heterocycles. The molecule has 3 aromatic rings. The second-order valence-corrected chi connectivity index (χ2v) is 9.17. The minimum atomic E-state index is -0.484. The lowest BCUT2D eigenvalue weighted by Gasteiger charge is -2.35. The molecule has 11 heteroatoms. The number of anilines is 1. The van der Waals surface area contributed by atoms with Gasteiger partial charge in [0.15, 0.2) is 11.1 Å². The van der Waals surface area contributed by atoms with Crippen LogP contribution in [0.15, 0.2) is 22.1 Å². The zero-order valence-corrected chi connectivity index (χ0v) is 18.2. The van der Waals surface area contributed by atoms with Crippen LogP contribution in [-0.4, -0.2) is 72.7 Å². The Bertz CT molecular complexity index is 1390. The number of nitrogens with one attached hydrogen (secondary N) is 2. The first-order chi connectivity index (χ1) is 16.0. The molecule has 6 rings (SSSR count). The van der Waals surface area contributed by atoms with E-state index in [9.17, 15) is 14.7 Å². The summed E-state index contributed by atoms with van der Waals surface area (Å²) >= 11 is 0. The minimum Gasteiger partial charge on any atom is -0.493 e. The normalized spacial score (nSPS) is 20.2. The summed E-state index contributed by atoms with van der Waals surface area (Å²) in [6.45, 7) is 2.79. The van der Waals surface area contributed by atoms with Crippen molar-refractivity contribution in [3.05, 3.63) is 39.1 Å². The summed E-state index contributed by atoms with van der Waals surface area (Å²) in [4.78, 5) is 42.7. The maximum atomic E-state index is 12.5. The molecular formula is C22H26N8O3. The topological polar surface area (TPSA) is 135 Å². The van der Waals surface area contributed by atoms with Gasteiger partial charge in [-0.05, 0) is 37.7 Å². The molecule has 0 radical (unpaired) electrons. The Morgan fingerprint density at radius 2 is 1.97 bits per heavy atom. The van der Waals surface area contributed by atoms with E-state index in [2.05, 4.69) is 20.0 Å². The molecule has 172 valence electrons. The van der Waals surface area contributed by atoms with Gasteiger partial charge in [-0.1, -0.05) is 0 Å². The number of aromatic amines is 2. The molecule has 2 saturated carbocycles. The lowest BCUT2D eigenvalue weighted by atomic mass is 10.2. The van der Waals surface area contributed by atoms with Crippen LogP contribution in [0.2, 0.25) is 0 Å². The summed E-state index contributed by atoms with van der Waals surface area (Å²) in [7, 11) is 0. The maximum Gasteiger partial charge on any atom is 0.326 e. The van der Waals surface area contributed by atoms with E-state index in [1.165, 1.54) is 12.8 Å². The number of aromatic hydroxyl groups is 1. The number of imidazole rings is 1. The predicted molar refractivity (Wildman–Crippen MR) is 120 cm³/mol. The van der Waals surface area contributed by atoms with Crippen LogP contribution in [0, 0.1) is 5.92 Å². The third-order valence-corrected chi connectivity index (χ3v) is 6.48. The van der Waals surface area contributed by atoms with Gasteiger partial charge in [0.1, 0.15) is 11.5 Å². The first kappa shape index (κ1) is 20.0. The van der Waals surface area contributed by atoms with Crippen molar-refractivity contribution in [3.8, 4) is 5.88 Å². The van der Waals surface area contributed by atoms with Crippen LogP contribution in [0.25, 0.3) is 11.7 Å². The van der Waals surface area contributed by atoms with Crippen LogP contribution in [0.1, 0.15) is 37.8 Å². The highest BCUT2D eigenvalue weighted by Crippen LogP contribution is 2.33. The van der Waals surface area contributed by atoms with E-state index < -0.39 is 5.69 Å². The van der Waals surface area contributed by atoms with Crippen molar-refractivity contribution in [1.82, 2.24) is 29.5 Å². The van der Waals surface area contributed by atoms with Crippen LogP contribution in [0.3, 0.4) is 0 Å². The van der Waals surface area contributed by atoms with Gasteiger partial charge >= 0.3 is 5.69 Å². The number of aromatic nitrogens is 5. The molecule has 3 N–H and O–H groups in total. The summed E-state index contributed by atoms with van der Waals surface area (Å²) in [6, 6.07) is 2.27. The molecule has 33 heavy (non-hydrogen) atoms. The SMILES string of the molecule is O=C(CC1CC1)N1CCN(c2cc(=NC3CC3)n3nc/c(=C\c4[nH]c(=O)[nH]c4O)c3n2)CC1. The van der Waals surface area contributed by atoms with Gasteiger partial charge in [-0.25, -0.2) is 9.78 Å². The molecule has 0 unspecified atom stereocenters. The van der Waals surface area contributed by atoms with Gasteiger partial charge in [0.05, 0.1) is 12.2 Å². The number of carbonyl (C=O) groups is 1. The molecule has 0 aromatic carbocycles. The van der Waals surface area contributed by atoms with Crippen LogP contribution < -0.4 is 21.3 Å². The van der Waals surface area contributed by atoms with Gasteiger partial charge in [-0.15, -0.1) is 0 Å². The molecule has 0 bridgehead atoms. The van der Waals surface area contributed by atoms with E-state index in [1.54, 1.807) is 16.8 Å². The number of rotatable bonds is 5. The van der Waals surface area contributed by atoms with Crippen molar-refractivity contribution in [2.45, 2.75) is 38.1 Å². The van der Waals surface area contributed by atoms with Gasteiger partial charge in [0.2, 0.25) is 11.8 Å². The Hall–Kier alpha value is -3.63. The minimum absolute atomic E-state index is 0.231. The molecular weight excluding hydrogens is 424 g/mol. The molecule has 3 aromatic heterocycles. The van der Waals surface area contributed by atoms with Crippen molar-refractivity contribution < 1.29 is 9.90 Å². The van der Waals surface area contributed by atoms with Crippen LogP contribution in [0.5, 0.6) is 5.88 Å². The van der Waals surface area contributed by atoms with Gasteiger partial charge in [0.25, 0.3) is 0 Å². The lowest BCUT2D eigenvalue weighted by molar-refractivity contribution is -0.131. The number of nitrogens with zero attached hydrogens (tertiary/aromatic N) is 6. The van der Waals surface area contributed by atoms with Crippen molar-refractivity contribution >= 4 is 23.4 Å². The molecule has 11 nitrogen and oxygen atoms in total. The highest BCUT2D eigenvalue weighted by Gasteiger charge is 2.29. The van der Waals surface area contributed by atoms with Crippen molar-refractivity contribution in [2.75, 3.05) is 31.1 Å². The third-order valence-electron chi connectivity index (χ3n) is 6.48. The average molecular weight is 451 g/mol. The summed E-state index contributed by atoms with van der Waals surface area (Å²) < 4.78 is 1.70. The van der Waals surface area contributed by atoms with Gasteiger partial charge < -0.3 is 19.9 Å². The number of carbonyl (C=O) groups excluding carboxylic acids is 1. The fourth-order valence-electron chi connectivity index (χ4n) is 4.23. The summed E-state index contributed by atoms with van der Waals surface area (Å²) in [5, 5.41) is 15.1. The molecule has 1 aliphatic heterocycles. The number of piperazine rings is 1. The van der Waals surface area contributed by atoms with E-state index in [-0.39, 0.29) is 17.5 Å². The van der Waals surface area contributed by atoms with E-state index in [0.717, 1.165) is 24.1 Å². The Kier molecular flexibility index (Phi) is 4.70. The first-order valence-electron chi connectivity index (χ1n) is 11.5. The Morgan fingerprint density at radius 1 is 1.18 bits per heavy atom.